The van der Waals surface area contributed by atoms with E-state index >= 15 is 0 Å². The van der Waals surface area contributed by atoms with Crippen molar-refractivity contribution in [3.05, 3.63) is 0 Å². The Morgan fingerprint density at radius 1 is 1.33 bits per heavy atom. The van der Waals surface area contributed by atoms with Crippen molar-refractivity contribution in [2.75, 3.05) is 33.7 Å². The number of nitrogens with two attached hydrogens (primary N) is 1. The van der Waals surface area contributed by atoms with Gasteiger partial charge in [0.2, 0.25) is 5.91 Å². The Bertz CT molecular complexity index is 247. The van der Waals surface area contributed by atoms with Crippen molar-refractivity contribution < 1.29 is 4.79 Å². The molecule has 1 aliphatic rings. The summed E-state index contributed by atoms with van der Waals surface area (Å²) >= 11 is 0. The van der Waals surface area contributed by atoms with Crippen LogP contribution in [0, 0.1) is 5.92 Å². The summed E-state index contributed by atoms with van der Waals surface area (Å²) in [4.78, 5) is 16.4. The summed E-state index contributed by atoms with van der Waals surface area (Å²) in [5, 5.41) is 0. The van der Waals surface area contributed by atoms with Crippen LogP contribution >= 0.6 is 0 Å². The fourth-order valence-electron chi connectivity index (χ4n) is 2.59. The van der Waals surface area contributed by atoms with Crippen LogP contribution in [0.5, 0.6) is 0 Å². The number of carbonyl (C=O) groups is 1. The van der Waals surface area contributed by atoms with Gasteiger partial charge < -0.3 is 15.5 Å². The third-order valence-electron chi connectivity index (χ3n) is 4.06. The lowest BCUT2D eigenvalue weighted by molar-refractivity contribution is -0.133. The summed E-state index contributed by atoms with van der Waals surface area (Å²) in [6.07, 6.45) is 4.90. The molecule has 1 rings (SSSR count). The molecule has 1 saturated heterocycles. The molecule has 1 heterocycles. The molecule has 1 aliphatic heterocycles. The van der Waals surface area contributed by atoms with E-state index in [4.69, 9.17) is 5.73 Å². The number of hydrogen-bond donors (Lipinski definition) is 1. The number of amides is 1. The van der Waals surface area contributed by atoms with Crippen molar-refractivity contribution in [3.63, 3.8) is 0 Å². The molecule has 0 aromatic rings. The normalized spacial score (nSPS) is 19.3. The molecule has 1 unspecified atom stereocenters. The zero-order chi connectivity index (χ0) is 13.5. The van der Waals surface area contributed by atoms with E-state index in [0.29, 0.717) is 24.3 Å². The zero-order valence-electron chi connectivity index (χ0n) is 12.2. The van der Waals surface area contributed by atoms with Gasteiger partial charge in [-0.25, -0.2) is 0 Å². The van der Waals surface area contributed by atoms with Crippen molar-refractivity contribution in [1.82, 2.24) is 9.80 Å². The van der Waals surface area contributed by atoms with Crippen molar-refractivity contribution in [1.29, 1.82) is 0 Å². The van der Waals surface area contributed by atoms with Gasteiger partial charge in [-0.1, -0.05) is 6.92 Å². The summed E-state index contributed by atoms with van der Waals surface area (Å²) in [5.41, 5.74) is 5.52. The predicted octanol–water partition coefficient (Wildman–Crippen LogP) is 1.30. The maximum absolute atomic E-state index is 12.1. The molecule has 1 amide bonds. The highest BCUT2D eigenvalue weighted by Gasteiger charge is 2.23. The molecule has 0 spiro atoms. The number of hydrogen-bond acceptors (Lipinski definition) is 3. The molecule has 4 nitrogen and oxygen atoms in total. The van der Waals surface area contributed by atoms with Gasteiger partial charge >= 0.3 is 0 Å². The lowest BCUT2D eigenvalue weighted by atomic mass is 10.00. The van der Waals surface area contributed by atoms with Crippen LogP contribution < -0.4 is 5.73 Å². The van der Waals surface area contributed by atoms with Crippen LogP contribution in [0.3, 0.4) is 0 Å². The van der Waals surface area contributed by atoms with Gasteiger partial charge in [-0.3, -0.25) is 4.79 Å². The summed E-state index contributed by atoms with van der Waals surface area (Å²) in [6, 6.07) is 0.644. The van der Waals surface area contributed by atoms with Gasteiger partial charge in [0.05, 0.1) is 0 Å². The molecule has 1 fully saturated rings. The van der Waals surface area contributed by atoms with Gasteiger partial charge in [0, 0.05) is 25.6 Å². The highest BCUT2D eigenvalue weighted by Crippen LogP contribution is 2.17. The van der Waals surface area contributed by atoms with Crippen molar-refractivity contribution in [2.45, 2.75) is 45.1 Å². The van der Waals surface area contributed by atoms with E-state index in [0.717, 1.165) is 45.3 Å². The van der Waals surface area contributed by atoms with Crippen LogP contribution in [0.2, 0.25) is 0 Å². The smallest absolute Gasteiger partial charge is 0.222 e. The first-order chi connectivity index (χ1) is 8.54. The number of nitrogens with zero attached hydrogens (tertiary/aromatic N) is 2. The molecule has 4 heteroatoms. The monoisotopic (exact) mass is 255 g/mol. The Labute approximate surface area is 111 Å². The number of rotatable bonds is 6. The molecule has 0 aromatic carbocycles. The minimum atomic E-state index is 0.330. The summed E-state index contributed by atoms with van der Waals surface area (Å²) < 4.78 is 0. The molecule has 106 valence electrons. The van der Waals surface area contributed by atoms with Crippen molar-refractivity contribution >= 4 is 5.91 Å². The molecule has 0 saturated carbocycles. The first-order valence-corrected chi connectivity index (χ1v) is 7.18. The second-order valence-corrected chi connectivity index (χ2v) is 5.80. The summed E-state index contributed by atoms with van der Waals surface area (Å²) in [5.74, 6) is 0.898. The maximum atomic E-state index is 12.1. The molecular weight excluding hydrogens is 226 g/mol. The second-order valence-electron chi connectivity index (χ2n) is 5.80. The van der Waals surface area contributed by atoms with E-state index in [-0.39, 0.29) is 0 Å². The highest BCUT2D eigenvalue weighted by atomic mass is 16.2. The predicted molar refractivity (Wildman–Crippen MR) is 75.4 cm³/mol. The number of carbonyl (C=O) groups excluding carboxylic acids is 1. The van der Waals surface area contributed by atoms with E-state index in [2.05, 4.69) is 25.9 Å². The minimum absolute atomic E-state index is 0.330. The number of likely N-dealkylation sites (tertiary alicyclic amines) is 1. The first-order valence-electron chi connectivity index (χ1n) is 7.18. The topological polar surface area (TPSA) is 49.6 Å². The van der Waals surface area contributed by atoms with Crippen LogP contribution in [0.15, 0.2) is 0 Å². The molecule has 18 heavy (non-hydrogen) atoms. The third-order valence-corrected chi connectivity index (χ3v) is 4.06. The van der Waals surface area contributed by atoms with Crippen LogP contribution in [0.4, 0.5) is 0 Å². The van der Waals surface area contributed by atoms with Crippen molar-refractivity contribution in [2.24, 2.45) is 11.7 Å². The van der Waals surface area contributed by atoms with E-state index in [1.54, 1.807) is 0 Å². The molecule has 0 aromatic heterocycles. The number of piperidine rings is 1. The van der Waals surface area contributed by atoms with Gasteiger partial charge in [0.25, 0.3) is 0 Å². The Hall–Kier alpha value is -0.610. The quantitative estimate of drug-likeness (QED) is 0.778. The van der Waals surface area contributed by atoms with Crippen molar-refractivity contribution in [3.8, 4) is 0 Å². The van der Waals surface area contributed by atoms with E-state index in [9.17, 15) is 4.79 Å². The fraction of sp³-hybridized carbons (Fsp3) is 0.929. The first kappa shape index (κ1) is 15.4. The lowest BCUT2D eigenvalue weighted by Gasteiger charge is -2.35. The Balaban J connectivity index is 2.23. The van der Waals surface area contributed by atoms with Crippen LogP contribution in [-0.2, 0) is 4.79 Å². The minimum Gasteiger partial charge on any atom is -0.343 e. The molecule has 0 bridgehead atoms. The van der Waals surface area contributed by atoms with Gasteiger partial charge in [-0.15, -0.1) is 0 Å². The van der Waals surface area contributed by atoms with E-state index in [1.807, 2.05) is 4.90 Å². The summed E-state index contributed by atoms with van der Waals surface area (Å²) in [7, 11) is 4.24. The highest BCUT2D eigenvalue weighted by molar-refractivity contribution is 5.76. The Kier molecular flexibility index (Phi) is 6.65. The van der Waals surface area contributed by atoms with Gasteiger partial charge in [-0.05, 0) is 52.2 Å². The van der Waals surface area contributed by atoms with Gasteiger partial charge in [0.1, 0.15) is 0 Å². The van der Waals surface area contributed by atoms with Crippen LogP contribution in [0.1, 0.15) is 39.0 Å². The van der Waals surface area contributed by atoms with Gasteiger partial charge in [-0.2, -0.15) is 0 Å². The standard InChI is InChI=1S/C14H29N3O/c1-12(6-9-15)4-5-14(18)17-10-7-13(8-11-17)16(2)3/h12-13H,4-11,15H2,1-3H3. The molecule has 0 radical (unpaired) electrons. The van der Waals surface area contributed by atoms with E-state index in [1.165, 1.54) is 0 Å². The van der Waals surface area contributed by atoms with Crippen LogP contribution in [-0.4, -0.2) is 55.5 Å². The molecule has 2 N–H and O–H groups in total. The molecule has 0 aliphatic carbocycles. The zero-order valence-corrected chi connectivity index (χ0v) is 12.2. The van der Waals surface area contributed by atoms with Crippen LogP contribution in [0.25, 0.3) is 0 Å². The largest absolute Gasteiger partial charge is 0.343 e. The second kappa shape index (κ2) is 7.74. The maximum Gasteiger partial charge on any atom is 0.222 e. The Morgan fingerprint density at radius 3 is 2.44 bits per heavy atom. The third kappa shape index (κ3) is 4.94. The molecule has 1 atom stereocenters. The SMILES string of the molecule is CC(CCN)CCC(=O)N1CCC(N(C)C)CC1. The molecular formula is C14H29N3O. The summed E-state index contributed by atoms with van der Waals surface area (Å²) in [6.45, 7) is 4.75. The van der Waals surface area contributed by atoms with E-state index < -0.39 is 0 Å². The van der Waals surface area contributed by atoms with Gasteiger partial charge in [0.15, 0.2) is 0 Å². The average molecular weight is 255 g/mol. The Morgan fingerprint density at radius 2 is 1.94 bits per heavy atom. The average Bonchev–Trinajstić information content (AvgIpc) is 2.36. The fourth-order valence-corrected chi connectivity index (χ4v) is 2.59. The lowest BCUT2D eigenvalue weighted by Crippen LogP contribution is -2.44.